The molecule has 5 heteroatoms. The SMILES string of the molecule is CC(C)C(C)(C)CNc1cncc(C(=O)O)n1. The van der Waals surface area contributed by atoms with Crippen molar-refractivity contribution in [2.24, 2.45) is 11.3 Å². The fourth-order valence-corrected chi connectivity index (χ4v) is 1.08. The maximum atomic E-state index is 10.7. The molecule has 94 valence electrons. The number of aromatic carboxylic acids is 1. The van der Waals surface area contributed by atoms with Crippen molar-refractivity contribution in [1.82, 2.24) is 9.97 Å². The molecule has 0 fully saturated rings. The number of hydrogen-bond donors (Lipinski definition) is 2. The Bertz CT molecular complexity index is 402. The van der Waals surface area contributed by atoms with E-state index in [1.165, 1.54) is 12.4 Å². The van der Waals surface area contributed by atoms with Crippen LogP contribution in [0.5, 0.6) is 0 Å². The van der Waals surface area contributed by atoms with Crippen molar-refractivity contribution < 1.29 is 9.90 Å². The van der Waals surface area contributed by atoms with Gasteiger partial charge in [0.05, 0.1) is 12.4 Å². The Labute approximate surface area is 101 Å². The summed E-state index contributed by atoms with van der Waals surface area (Å²) >= 11 is 0. The molecule has 0 aliphatic carbocycles. The summed E-state index contributed by atoms with van der Waals surface area (Å²) in [6.07, 6.45) is 2.77. The molecule has 0 aliphatic rings. The van der Waals surface area contributed by atoms with E-state index in [2.05, 4.69) is 43.0 Å². The number of hydrogen-bond acceptors (Lipinski definition) is 4. The molecule has 0 unspecified atom stereocenters. The largest absolute Gasteiger partial charge is 0.476 e. The highest BCUT2D eigenvalue weighted by atomic mass is 16.4. The van der Waals surface area contributed by atoms with Crippen LogP contribution in [0.25, 0.3) is 0 Å². The molecule has 1 rings (SSSR count). The van der Waals surface area contributed by atoms with Gasteiger partial charge in [0.2, 0.25) is 0 Å². The third kappa shape index (κ3) is 3.69. The molecule has 0 bridgehead atoms. The highest BCUT2D eigenvalue weighted by Crippen LogP contribution is 2.25. The number of carboxylic acids is 1. The number of nitrogens with one attached hydrogen (secondary N) is 1. The van der Waals surface area contributed by atoms with E-state index < -0.39 is 5.97 Å². The third-order valence-electron chi connectivity index (χ3n) is 3.14. The second-order valence-corrected chi connectivity index (χ2v) is 5.09. The van der Waals surface area contributed by atoms with Gasteiger partial charge < -0.3 is 10.4 Å². The van der Waals surface area contributed by atoms with Gasteiger partial charge in [-0.05, 0) is 11.3 Å². The molecule has 0 saturated carbocycles. The summed E-state index contributed by atoms with van der Waals surface area (Å²) in [5.74, 6) is -0.0477. The lowest BCUT2D eigenvalue weighted by Gasteiger charge is -2.29. The van der Waals surface area contributed by atoms with Crippen LogP contribution in [0, 0.1) is 11.3 Å². The molecule has 0 saturated heterocycles. The average molecular weight is 237 g/mol. The highest BCUT2D eigenvalue weighted by Gasteiger charge is 2.22. The van der Waals surface area contributed by atoms with E-state index in [0.29, 0.717) is 11.7 Å². The minimum absolute atomic E-state index is 0.0441. The summed E-state index contributed by atoms with van der Waals surface area (Å²) in [6.45, 7) is 9.34. The van der Waals surface area contributed by atoms with Crippen LogP contribution in [0.15, 0.2) is 12.4 Å². The van der Waals surface area contributed by atoms with Gasteiger partial charge in [-0.15, -0.1) is 0 Å². The van der Waals surface area contributed by atoms with Gasteiger partial charge in [0.1, 0.15) is 5.82 Å². The molecule has 0 atom stereocenters. The van der Waals surface area contributed by atoms with Gasteiger partial charge >= 0.3 is 5.97 Å². The predicted molar refractivity (Wildman–Crippen MR) is 66.1 cm³/mol. The quantitative estimate of drug-likeness (QED) is 0.821. The van der Waals surface area contributed by atoms with Crippen molar-refractivity contribution in [1.29, 1.82) is 0 Å². The van der Waals surface area contributed by atoms with Crippen molar-refractivity contribution in [3.05, 3.63) is 18.1 Å². The van der Waals surface area contributed by atoms with Crippen molar-refractivity contribution in [2.75, 3.05) is 11.9 Å². The first-order valence-corrected chi connectivity index (χ1v) is 5.62. The van der Waals surface area contributed by atoms with E-state index in [4.69, 9.17) is 5.11 Å². The molecule has 0 spiro atoms. The minimum atomic E-state index is -1.07. The van der Waals surface area contributed by atoms with E-state index in [1.807, 2.05) is 0 Å². The number of rotatable bonds is 5. The summed E-state index contributed by atoms with van der Waals surface area (Å²) in [5.41, 5.74) is 0.0679. The van der Waals surface area contributed by atoms with Crippen LogP contribution in [0.1, 0.15) is 38.2 Å². The summed E-state index contributed by atoms with van der Waals surface area (Å²) in [7, 11) is 0. The lowest BCUT2D eigenvalue weighted by atomic mass is 9.81. The van der Waals surface area contributed by atoms with Gasteiger partial charge in [0.15, 0.2) is 5.69 Å². The third-order valence-corrected chi connectivity index (χ3v) is 3.14. The Morgan fingerprint density at radius 3 is 2.65 bits per heavy atom. The molecule has 0 aromatic carbocycles. The second-order valence-electron chi connectivity index (χ2n) is 5.09. The first kappa shape index (κ1) is 13.4. The Morgan fingerprint density at radius 1 is 1.47 bits per heavy atom. The van der Waals surface area contributed by atoms with E-state index in [-0.39, 0.29) is 11.1 Å². The molecular formula is C12H19N3O2. The van der Waals surface area contributed by atoms with E-state index >= 15 is 0 Å². The summed E-state index contributed by atoms with van der Waals surface area (Å²) < 4.78 is 0. The summed E-state index contributed by atoms with van der Waals surface area (Å²) in [5, 5.41) is 11.9. The van der Waals surface area contributed by atoms with Gasteiger partial charge in [-0.3, -0.25) is 4.98 Å². The number of anilines is 1. The summed E-state index contributed by atoms with van der Waals surface area (Å²) in [6, 6.07) is 0. The fourth-order valence-electron chi connectivity index (χ4n) is 1.08. The molecule has 17 heavy (non-hydrogen) atoms. The number of carbonyl (C=O) groups is 1. The normalized spacial score (nSPS) is 11.6. The molecule has 2 N–H and O–H groups in total. The zero-order chi connectivity index (χ0) is 13.1. The number of carboxylic acid groups (broad SMARTS) is 1. The van der Waals surface area contributed by atoms with Gasteiger partial charge in [-0.1, -0.05) is 27.7 Å². The van der Waals surface area contributed by atoms with Crippen molar-refractivity contribution >= 4 is 11.8 Å². The van der Waals surface area contributed by atoms with Crippen LogP contribution in [0.2, 0.25) is 0 Å². The van der Waals surface area contributed by atoms with Crippen LogP contribution in [-0.2, 0) is 0 Å². The topological polar surface area (TPSA) is 75.1 Å². The maximum Gasteiger partial charge on any atom is 0.356 e. The van der Waals surface area contributed by atoms with Crippen molar-refractivity contribution in [3.63, 3.8) is 0 Å². The molecule has 0 aliphatic heterocycles. The molecule has 0 radical (unpaired) electrons. The lowest BCUT2D eigenvalue weighted by Crippen LogP contribution is -2.29. The van der Waals surface area contributed by atoms with Crippen molar-refractivity contribution in [3.8, 4) is 0 Å². The van der Waals surface area contributed by atoms with Crippen molar-refractivity contribution in [2.45, 2.75) is 27.7 Å². The Hall–Kier alpha value is -1.65. The first-order chi connectivity index (χ1) is 7.83. The van der Waals surface area contributed by atoms with Crippen LogP contribution in [0.4, 0.5) is 5.82 Å². The van der Waals surface area contributed by atoms with E-state index in [9.17, 15) is 4.79 Å². The van der Waals surface area contributed by atoms with E-state index in [1.54, 1.807) is 0 Å². The van der Waals surface area contributed by atoms with Crippen LogP contribution in [-0.4, -0.2) is 27.6 Å². The highest BCUT2D eigenvalue weighted by molar-refractivity contribution is 5.85. The molecule has 5 nitrogen and oxygen atoms in total. The molecular weight excluding hydrogens is 218 g/mol. The van der Waals surface area contributed by atoms with Gasteiger partial charge in [-0.2, -0.15) is 0 Å². The number of aromatic nitrogens is 2. The predicted octanol–water partition coefficient (Wildman–Crippen LogP) is 2.27. The van der Waals surface area contributed by atoms with Gasteiger partial charge in [-0.25, -0.2) is 9.78 Å². The summed E-state index contributed by atoms with van der Waals surface area (Å²) in [4.78, 5) is 18.5. The maximum absolute atomic E-state index is 10.7. The Morgan fingerprint density at radius 2 is 2.12 bits per heavy atom. The van der Waals surface area contributed by atoms with Gasteiger partial charge in [0.25, 0.3) is 0 Å². The number of nitrogens with zero attached hydrogens (tertiary/aromatic N) is 2. The molecule has 0 amide bonds. The molecule has 1 aromatic rings. The first-order valence-electron chi connectivity index (χ1n) is 5.62. The van der Waals surface area contributed by atoms with Gasteiger partial charge in [0, 0.05) is 6.54 Å². The standard InChI is InChI=1S/C12H19N3O2/c1-8(2)12(3,4)7-14-10-6-13-5-9(15-10)11(16)17/h5-6,8H,7H2,1-4H3,(H,14,15)(H,16,17). The average Bonchev–Trinajstić information content (AvgIpc) is 2.26. The van der Waals surface area contributed by atoms with Crippen LogP contribution < -0.4 is 5.32 Å². The zero-order valence-corrected chi connectivity index (χ0v) is 10.7. The van der Waals surface area contributed by atoms with Crippen LogP contribution in [0.3, 0.4) is 0 Å². The minimum Gasteiger partial charge on any atom is -0.476 e. The Balaban J connectivity index is 2.70. The second kappa shape index (κ2) is 5.12. The molecule has 1 aromatic heterocycles. The monoisotopic (exact) mass is 237 g/mol. The Kier molecular flexibility index (Phi) is 4.04. The smallest absolute Gasteiger partial charge is 0.356 e. The van der Waals surface area contributed by atoms with Crippen LogP contribution >= 0.6 is 0 Å². The fraction of sp³-hybridized carbons (Fsp3) is 0.583. The zero-order valence-electron chi connectivity index (χ0n) is 10.7. The van der Waals surface area contributed by atoms with E-state index in [0.717, 1.165) is 6.54 Å². The molecule has 1 heterocycles. The lowest BCUT2D eigenvalue weighted by molar-refractivity contribution is 0.0690.